The molecule has 0 aliphatic heterocycles. The summed E-state index contributed by atoms with van der Waals surface area (Å²) in [5.74, 6) is 1.13. The SMILES string of the molecule is CCn1nc(C)c(-c2nccc(N)n2)c1C. The highest BCUT2D eigenvalue weighted by atomic mass is 15.3. The first-order chi connectivity index (χ1) is 7.63. The Labute approximate surface area is 94.3 Å². The lowest BCUT2D eigenvalue weighted by atomic mass is 10.2. The highest BCUT2D eigenvalue weighted by Gasteiger charge is 2.14. The molecule has 2 rings (SSSR count). The van der Waals surface area contributed by atoms with E-state index in [1.54, 1.807) is 12.3 Å². The lowest BCUT2D eigenvalue weighted by molar-refractivity contribution is 0.634. The Morgan fingerprint density at radius 3 is 2.69 bits per heavy atom. The second kappa shape index (κ2) is 3.92. The van der Waals surface area contributed by atoms with Crippen molar-refractivity contribution >= 4 is 5.82 Å². The summed E-state index contributed by atoms with van der Waals surface area (Å²) in [6.45, 7) is 6.88. The number of anilines is 1. The summed E-state index contributed by atoms with van der Waals surface area (Å²) >= 11 is 0. The largest absolute Gasteiger partial charge is 0.384 e. The van der Waals surface area contributed by atoms with E-state index in [4.69, 9.17) is 5.73 Å². The minimum atomic E-state index is 0.480. The van der Waals surface area contributed by atoms with Gasteiger partial charge >= 0.3 is 0 Å². The zero-order valence-electron chi connectivity index (χ0n) is 9.73. The van der Waals surface area contributed by atoms with Crippen molar-refractivity contribution in [2.75, 3.05) is 5.73 Å². The van der Waals surface area contributed by atoms with E-state index in [-0.39, 0.29) is 0 Å². The number of nitrogens with two attached hydrogens (primary N) is 1. The van der Waals surface area contributed by atoms with E-state index in [0.717, 1.165) is 23.5 Å². The van der Waals surface area contributed by atoms with Crippen molar-refractivity contribution in [1.82, 2.24) is 19.7 Å². The Hall–Kier alpha value is -1.91. The first-order valence-electron chi connectivity index (χ1n) is 5.26. The van der Waals surface area contributed by atoms with Crippen LogP contribution in [0.4, 0.5) is 5.82 Å². The minimum Gasteiger partial charge on any atom is -0.384 e. The Morgan fingerprint density at radius 1 is 1.38 bits per heavy atom. The molecule has 0 saturated heterocycles. The van der Waals surface area contributed by atoms with E-state index < -0.39 is 0 Å². The molecule has 0 saturated carbocycles. The van der Waals surface area contributed by atoms with Crippen molar-refractivity contribution in [3.63, 3.8) is 0 Å². The van der Waals surface area contributed by atoms with Crippen LogP contribution < -0.4 is 5.73 Å². The lowest BCUT2D eigenvalue weighted by Crippen LogP contribution is -1.99. The summed E-state index contributed by atoms with van der Waals surface area (Å²) in [4.78, 5) is 8.46. The molecule has 0 aliphatic carbocycles. The normalized spacial score (nSPS) is 10.7. The van der Waals surface area contributed by atoms with Crippen LogP contribution in [0.25, 0.3) is 11.4 Å². The Kier molecular flexibility index (Phi) is 2.60. The van der Waals surface area contributed by atoms with Crippen molar-refractivity contribution in [3.8, 4) is 11.4 Å². The molecule has 0 unspecified atom stereocenters. The average molecular weight is 217 g/mol. The standard InChI is InChI=1S/C11H15N5/c1-4-16-8(3)10(7(2)15-16)11-13-6-5-9(12)14-11/h5-6H,4H2,1-3H3,(H2,12,13,14). The van der Waals surface area contributed by atoms with Gasteiger partial charge in [0.25, 0.3) is 0 Å². The minimum absolute atomic E-state index is 0.480. The van der Waals surface area contributed by atoms with Crippen molar-refractivity contribution in [2.45, 2.75) is 27.3 Å². The van der Waals surface area contributed by atoms with Crippen LogP contribution >= 0.6 is 0 Å². The molecule has 0 fully saturated rings. The number of hydrogen-bond acceptors (Lipinski definition) is 4. The smallest absolute Gasteiger partial charge is 0.165 e. The zero-order valence-corrected chi connectivity index (χ0v) is 9.73. The Morgan fingerprint density at radius 2 is 2.12 bits per heavy atom. The Bertz CT molecular complexity index is 515. The fourth-order valence-corrected chi connectivity index (χ4v) is 1.82. The molecular formula is C11H15N5. The van der Waals surface area contributed by atoms with E-state index in [2.05, 4.69) is 22.0 Å². The fraction of sp³-hybridized carbons (Fsp3) is 0.364. The van der Waals surface area contributed by atoms with Gasteiger partial charge in [-0.1, -0.05) is 0 Å². The molecule has 0 bridgehead atoms. The molecule has 0 aromatic carbocycles. The molecule has 0 radical (unpaired) electrons. The Balaban J connectivity index is 2.60. The maximum atomic E-state index is 5.66. The monoisotopic (exact) mass is 217 g/mol. The van der Waals surface area contributed by atoms with E-state index in [9.17, 15) is 0 Å². The highest BCUT2D eigenvalue weighted by Crippen LogP contribution is 2.23. The first-order valence-corrected chi connectivity index (χ1v) is 5.26. The first kappa shape index (κ1) is 10.6. The maximum Gasteiger partial charge on any atom is 0.165 e. The van der Waals surface area contributed by atoms with Crippen LogP contribution in [0.15, 0.2) is 12.3 Å². The maximum absolute atomic E-state index is 5.66. The number of hydrogen-bond donors (Lipinski definition) is 1. The summed E-state index contributed by atoms with van der Waals surface area (Å²) < 4.78 is 1.94. The molecule has 2 heterocycles. The molecule has 5 nitrogen and oxygen atoms in total. The van der Waals surface area contributed by atoms with Crippen LogP contribution in [0.2, 0.25) is 0 Å². The third-order valence-corrected chi connectivity index (χ3v) is 2.58. The zero-order chi connectivity index (χ0) is 11.7. The molecule has 0 aliphatic rings. The number of nitrogens with zero attached hydrogens (tertiary/aromatic N) is 4. The molecular weight excluding hydrogens is 202 g/mol. The molecule has 2 aromatic heterocycles. The van der Waals surface area contributed by atoms with Crippen molar-refractivity contribution < 1.29 is 0 Å². The molecule has 16 heavy (non-hydrogen) atoms. The van der Waals surface area contributed by atoms with Gasteiger partial charge in [-0.25, -0.2) is 9.97 Å². The van der Waals surface area contributed by atoms with Gasteiger partial charge in [0.05, 0.1) is 11.3 Å². The van der Waals surface area contributed by atoms with Crippen LogP contribution in [0.5, 0.6) is 0 Å². The van der Waals surface area contributed by atoms with Crippen molar-refractivity contribution in [2.24, 2.45) is 0 Å². The van der Waals surface area contributed by atoms with Gasteiger partial charge in [-0.3, -0.25) is 4.68 Å². The third kappa shape index (κ3) is 1.64. The van der Waals surface area contributed by atoms with Gasteiger partial charge in [0.2, 0.25) is 0 Å². The predicted octanol–water partition coefficient (Wildman–Crippen LogP) is 1.56. The van der Waals surface area contributed by atoms with E-state index in [1.165, 1.54) is 0 Å². The van der Waals surface area contributed by atoms with Gasteiger partial charge < -0.3 is 5.73 Å². The van der Waals surface area contributed by atoms with E-state index in [0.29, 0.717) is 11.6 Å². The second-order valence-electron chi connectivity index (χ2n) is 3.67. The number of nitrogen functional groups attached to an aromatic ring is 1. The molecule has 0 atom stereocenters. The average Bonchev–Trinajstić information content (AvgIpc) is 2.53. The predicted molar refractivity (Wildman–Crippen MR) is 62.8 cm³/mol. The topological polar surface area (TPSA) is 69.6 Å². The molecule has 2 N–H and O–H groups in total. The van der Waals surface area contributed by atoms with Crippen LogP contribution in [-0.2, 0) is 6.54 Å². The molecule has 0 spiro atoms. The number of aryl methyl sites for hydroxylation is 2. The number of aromatic nitrogens is 4. The van der Waals surface area contributed by atoms with Crippen molar-refractivity contribution in [1.29, 1.82) is 0 Å². The van der Waals surface area contributed by atoms with E-state index in [1.807, 2.05) is 18.5 Å². The second-order valence-corrected chi connectivity index (χ2v) is 3.67. The van der Waals surface area contributed by atoms with Gasteiger partial charge in [-0.05, 0) is 26.8 Å². The molecule has 5 heteroatoms. The molecule has 0 amide bonds. The van der Waals surface area contributed by atoms with Crippen LogP contribution in [0.3, 0.4) is 0 Å². The summed E-state index contributed by atoms with van der Waals surface area (Å²) in [5, 5.41) is 4.43. The van der Waals surface area contributed by atoms with E-state index >= 15 is 0 Å². The molecule has 84 valence electrons. The lowest BCUT2D eigenvalue weighted by Gasteiger charge is -2.02. The third-order valence-electron chi connectivity index (χ3n) is 2.58. The van der Waals surface area contributed by atoms with Crippen LogP contribution in [0, 0.1) is 13.8 Å². The van der Waals surface area contributed by atoms with Crippen LogP contribution in [0.1, 0.15) is 18.3 Å². The van der Waals surface area contributed by atoms with Crippen molar-refractivity contribution in [3.05, 3.63) is 23.7 Å². The quantitative estimate of drug-likeness (QED) is 0.828. The summed E-state index contributed by atoms with van der Waals surface area (Å²) in [5.41, 5.74) is 8.65. The van der Waals surface area contributed by atoms with Gasteiger partial charge in [-0.15, -0.1) is 0 Å². The summed E-state index contributed by atoms with van der Waals surface area (Å²) in [6, 6.07) is 1.68. The van der Waals surface area contributed by atoms with Gasteiger partial charge in [0.15, 0.2) is 5.82 Å². The van der Waals surface area contributed by atoms with Crippen LogP contribution in [-0.4, -0.2) is 19.7 Å². The summed E-state index contributed by atoms with van der Waals surface area (Å²) in [7, 11) is 0. The number of rotatable bonds is 2. The highest BCUT2D eigenvalue weighted by molar-refractivity contribution is 5.62. The summed E-state index contributed by atoms with van der Waals surface area (Å²) in [6.07, 6.45) is 1.67. The molecule has 2 aromatic rings. The fourth-order valence-electron chi connectivity index (χ4n) is 1.82. The van der Waals surface area contributed by atoms with Gasteiger partial charge in [0, 0.05) is 18.4 Å². The van der Waals surface area contributed by atoms with Gasteiger partial charge in [-0.2, -0.15) is 5.10 Å². The van der Waals surface area contributed by atoms with Gasteiger partial charge in [0.1, 0.15) is 5.82 Å².